The van der Waals surface area contributed by atoms with Crippen molar-refractivity contribution in [1.82, 2.24) is 10.3 Å². The number of pyridine rings is 1. The maximum atomic E-state index is 4.85. The van der Waals surface area contributed by atoms with Gasteiger partial charge in [0.2, 0.25) is 0 Å². The highest BCUT2D eigenvalue weighted by Crippen LogP contribution is 2.35. The van der Waals surface area contributed by atoms with Crippen molar-refractivity contribution in [3.8, 4) is 0 Å². The van der Waals surface area contributed by atoms with Crippen LogP contribution in [0.15, 0.2) is 23.6 Å². The minimum Gasteiger partial charge on any atom is -0.349 e. The van der Waals surface area contributed by atoms with E-state index in [0.29, 0.717) is 6.04 Å². The molecule has 112 valence electrons. The molecule has 0 spiro atoms. The summed E-state index contributed by atoms with van der Waals surface area (Å²) in [7, 11) is 0. The van der Waals surface area contributed by atoms with Crippen LogP contribution in [0.2, 0.25) is 0 Å². The summed E-state index contributed by atoms with van der Waals surface area (Å²) in [6.45, 7) is 9.48. The molecule has 4 heteroatoms. The molecule has 0 saturated carbocycles. The molecule has 21 heavy (non-hydrogen) atoms. The molecule has 0 amide bonds. The fourth-order valence-electron chi connectivity index (χ4n) is 3.01. The van der Waals surface area contributed by atoms with E-state index in [1.165, 1.54) is 11.1 Å². The Morgan fingerprint density at radius 2 is 2.24 bits per heavy atom. The van der Waals surface area contributed by atoms with Gasteiger partial charge in [-0.1, -0.05) is 13.0 Å². The maximum Gasteiger partial charge on any atom is 0.129 e. The SMILES string of the molecule is CCNCc1ccc(N2CCc3sccc3C2C)nc1C. The van der Waals surface area contributed by atoms with Gasteiger partial charge < -0.3 is 10.2 Å². The van der Waals surface area contributed by atoms with E-state index in [-0.39, 0.29) is 0 Å². The standard InChI is InChI=1S/C17H23N3S/c1-4-18-11-14-5-6-17(19-12(14)2)20-9-7-16-15(13(20)3)8-10-21-16/h5-6,8,10,13,18H,4,7,9,11H2,1-3H3. The largest absolute Gasteiger partial charge is 0.349 e. The lowest BCUT2D eigenvalue weighted by Crippen LogP contribution is -2.33. The Labute approximate surface area is 131 Å². The molecular formula is C17H23N3S. The van der Waals surface area contributed by atoms with Crippen molar-refractivity contribution >= 4 is 17.2 Å². The molecule has 3 rings (SSSR count). The van der Waals surface area contributed by atoms with Crippen LogP contribution < -0.4 is 10.2 Å². The molecule has 0 aliphatic carbocycles. The van der Waals surface area contributed by atoms with Gasteiger partial charge in [-0.05, 0) is 55.5 Å². The Hall–Kier alpha value is -1.39. The van der Waals surface area contributed by atoms with Crippen molar-refractivity contribution in [2.45, 2.75) is 39.8 Å². The van der Waals surface area contributed by atoms with Crippen molar-refractivity contribution in [2.24, 2.45) is 0 Å². The number of aromatic nitrogens is 1. The van der Waals surface area contributed by atoms with Crippen LogP contribution in [0.4, 0.5) is 5.82 Å². The molecule has 1 N–H and O–H groups in total. The fourth-order valence-corrected chi connectivity index (χ4v) is 3.97. The molecular weight excluding hydrogens is 278 g/mol. The number of nitrogens with one attached hydrogen (secondary N) is 1. The smallest absolute Gasteiger partial charge is 0.129 e. The zero-order chi connectivity index (χ0) is 14.8. The van der Waals surface area contributed by atoms with Crippen molar-refractivity contribution in [3.05, 3.63) is 45.3 Å². The van der Waals surface area contributed by atoms with E-state index in [1.807, 2.05) is 11.3 Å². The Balaban J connectivity index is 1.83. The fraction of sp³-hybridized carbons (Fsp3) is 0.471. The van der Waals surface area contributed by atoms with Gasteiger partial charge in [0.1, 0.15) is 5.82 Å². The van der Waals surface area contributed by atoms with Crippen molar-refractivity contribution in [3.63, 3.8) is 0 Å². The topological polar surface area (TPSA) is 28.2 Å². The van der Waals surface area contributed by atoms with Crippen LogP contribution in [0.3, 0.4) is 0 Å². The maximum absolute atomic E-state index is 4.85. The van der Waals surface area contributed by atoms with E-state index >= 15 is 0 Å². The van der Waals surface area contributed by atoms with Gasteiger partial charge in [-0.2, -0.15) is 0 Å². The predicted molar refractivity (Wildman–Crippen MR) is 90.1 cm³/mol. The molecule has 1 atom stereocenters. The van der Waals surface area contributed by atoms with E-state index in [9.17, 15) is 0 Å². The highest BCUT2D eigenvalue weighted by molar-refractivity contribution is 7.10. The third kappa shape index (κ3) is 2.83. The predicted octanol–water partition coefficient (Wildman–Crippen LogP) is 3.68. The lowest BCUT2D eigenvalue weighted by molar-refractivity contribution is 0.623. The van der Waals surface area contributed by atoms with Crippen LogP contribution in [0.25, 0.3) is 0 Å². The molecule has 2 aromatic heterocycles. The summed E-state index contributed by atoms with van der Waals surface area (Å²) in [6.07, 6.45) is 1.14. The second kappa shape index (κ2) is 6.16. The minimum atomic E-state index is 0.423. The summed E-state index contributed by atoms with van der Waals surface area (Å²) >= 11 is 1.89. The molecule has 0 radical (unpaired) electrons. The van der Waals surface area contributed by atoms with Crippen molar-refractivity contribution in [2.75, 3.05) is 18.0 Å². The number of fused-ring (bicyclic) bond motifs is 1. The number of hydrogen-bond donors (Lipinski definition) is 1. The van der Waals surface area contributed by atoms with E-state index in [0.717, 1.165) is 37.6 Å². The zero-order valence-corrected chi connectivity index (χ0v) is 13.8. The third-order valence-corrected chi connectivity index (χ3v) is 5.31. The van der Waals surface area contributed by atoms with E-state index in [4.69, 9.17) is 4.98 Å². The van der Waals surface area contributed by atoms with Gasteiger partial charge in [0.05, 0.1) is 6.04 Å². The van der Waals surface area contributed by atoms with E-state index < -0.39 is 0 Å². The zero-order valence-electron chi connectivity index (χ0n) is 13.0. The van der Waals surface area contributed by atoms with Crippen molar-refractivity contribution in [1.29, 1.82) is 0 Å². The summed E-state index contributed by atoms with van der Waals surface area (Å²) in [5, 5.41) is 5.58. The Kier molecular flexibility index (Phi) is 4.27. The van der Waals surface area contributed by atoms with Crippen molar-refractivity contribution < 1.29 is 0 Å². The number of nitrogens with zero attached hydrogens (tertiary/aromatic N) is 2. The van der Waals surface area contributed by atoms with Gasteiger partial charge in [0.25, 0.3) is 0 Å². The minimum absolute atomic E-state index is 0.423. The van der Waals surface area contributed by atoms with Gasteiger partial charge in [-0.25, -0.2) is 4.98 Å². The Morgan fingerprint density at radius 1 is 1.38 bits per heavy atom. The molecule has 2 aromatic rings. The molecule has 1 unspecified atom stereocenters. The van der Waals surface area contributed by atoms with Crippen LogP contribution >= 0.6 is 11.3 Å². The van der Waals surface area contributed by atoms with E-state index in [1.54, 1.807) is 4.88 Å². The molecule has 0 saturated heterocycles. The Bertz CT molecular complexity index is 620. The van der Waals surface area contributed by atoms with Gasteiger partial charge in [0.15, 0.2) is 0 Å². The molecule has 1 aliphatic heterocycles. The monoisotopic (exact) mass is 301 g/mol. The van der Waals surface area contributed by atoms with Gasteiger partial charge >= 0.3 is 0 Å². The summed E-state index contributed by atoms with van der Waals surface area (Å²) in [4.78, 5) is 8.82. The highest BCUT2D eigenvalue weighted by Gasteiger charge is 2.25. The van der Waals surface area contributed by atoms with Gasteiger partial charge in [-0.3, -0.25) is 0 Å². The highest BCUT2D eigenvalue weighted by atomic mass is 32.1. The molecule has 3 heterocycles. The molecule has 0 aromatic carbocycles. The number of rotatable bonds is 4. The summed E-state index contributed by atoms with van der Waals surface area (Å²) in [5.41, 5.74) is 3.90. The number of hydrogen-bond acceptors (Lipinski definition) is 4. The summed E-state index contributed by atoms with van der Waals surface area (Å²) in [6, 6.07) is 7.08. The molecule has 0 fully saturated rings. The lowest BCUT2D eigenvalue weighted by atomic mass is 10.0. The van der Waals surface area contributed by atoms with Gasteiger partial charge in [0, 0.05) is 23.7 Å². The quantitative estimate of drug-likeness (QED) is 0.933. The number of anilines is 1. The first-order valence-corrected chi connectivity index (χ1v) is 8.58. The first-order valence-electron chi connectivity index (χ1n) is 7.71. The summed E-state index contributed by atoms with van der Waals surface area (Å²) < 4.78 is 0. The summed E-state index contributed by atoms with van der Waals surface area (Å²) in [5.74, 6) is 1.11. The van der Waals surface area contributed by atoms with Gasteiger partial charge in [-0.15, -0.1) is 11.3 Å². The average molecular weight is 301 g/mol. The van der Waals surface area contributed by atoms with Crippen LogP contribution in [0, 0.1) is 6.92 Å². The number of aryl methyl sites for hydroxylation is 1. The Morgan fingerprint density at radius 3 is 3.00 bits per heavy atom. The number of thiophene rings is 1. The first kappa shape index (κ1) is 14.5. The van der Waals surface area contributed by atoms with E-state index in [2.05, 4.69) is 54.6 Å². The average Bonchev–Trinajstić information content (AvgIpc) is 2.96. The van der Waals surface area contributed by atoms with Crippen LogP contribution in [0.1, 0.15) is 41.6 Å². The first-order chi connectivity index (χ1) is 10.2. The van der Waals surface area contributed by atoms with Crippen LogP contribution in [0.5, 0.6) is 0 Å². The molecule has 0 bridgehead atoms. The second-order valence-electron chi connectivity index (χ2n) is 5.61. The normalized spacial score (nSPS) is 17.9. The third-order valence-electron chi connectivity index (χ3n) is 4.32. The molecule has 1 aliphatic rings. The molecule has 3 nitrogen and oxygen atoms in total. The van der Waals surface area contributed by atoms with Crippen LogP contribution in [-0.2, 0) is 13.0 Å². The second-order valence-corrected chi connectivity index (χ2v) is 6.61. The lowest BCUT2D eigenvalue weighted by Gasteiger charge is -2.35. The van der Waals surface area contributed by atoms with Crippen LogP contribution in [-0.4, -0.2) is 18.1 Å².